The number of hydrogen-bond acceptors (Lipinski definition) is 4. The standard InChI is InChI=1S/C14H20F3N5O.ClH/c15-14(16,17)8-22-5-2-9(3-6-22)19-13(23)12-10-7-18-4-1-11(10)20-21-12;/h9,18H,1-8H2,(H,19,23)(H,20,21);1H. The van der Waals surface area contributed by atoms with Crippen molar-refractivity contribution in [2.75, 3.05) is 26.2 Å². The van der Waals surface area contributed by atoms with Gasteiger partial charge in [0.05, 0.1) is 6.54 Å². The van der Waals surface area contributed by atoms with Gasteiger partial charge in [0, 0.05) is 49.9 Å². The van der Waals surface area contributed by atoms with Gasteiger partial charge in [0.15, 0.2) is 5.69 Å². The van der Waals surface area contributed by atoms with Crippen LogP contribution in [-0.4, -0.2) is 59.4 Å². The number of aromatic amines is 1. The quantitative estimate of drug-likeness (QED) is 0.751. The Labute approximate surface area is 144 Å². The average Bonchev–Trinajstić information content (AvgIpc) is 2.92. The SMILES string of the molecule is Cl.O=C(NC1CCN(CC(F)(F)F)CC1)c1n[nH]c2c1CNCC2. The van der Waals surface area contributed by atoms with Crippen molar-refractivity contribution in [2.45, 2.75) is 38.0 Å². The van der Waals surface area contributed by atoms with E-state index in [0.29, 0.717) is 38.2 Å². The molecule has 24 heavy (non-hydrogen) atoms. The van der Waals surface area contributed by atoms with E-state index in [1.165, 1.54) is 4.90 Å². The van der Waals surface area contributed by atoms with E-state index in [1.54, 1.807) is 0 Å². The number of nitrogens with zero attached hydrogens (tertiary/aromatic N) is 2. The van der Waals surface area contributed by atoms with Crippen LogP contribution in [0.15, 0.2) is 0 Å². The van der Waals surface area contributed by atoms with E-state index in [0.717, 1.165) is 24.2 Å². The molecule has 0 spiro atoms. The summed E-state index contributed by atoms with van der Waals surface area (Å²) in [6, 6.07) is -0.101. The van der Waals surface area contributed by atoms with Crippen LogP contribution in [0.4, 0.5) is 13.2 Å². The van der Waals surface area contributed by atoms with Gasteiger partial charge in [-0.3, -0.25) is 14.8 Å². The lowest BCUT2D eigenvalue weighted by molar-refractivity contribution is -0.148. The van der Waals surface area contributed by atoms with Crippen LogP contribution in [0, 0.1) is 0 Å². The van der Waals surface area contributed by atoms with Gasteiger partial charge in [-0.15, -0.1) is 12.4 Å². The molecule has 10 heteroatoms. The number of H-pyrrole nitrogens is 1. The number of hydrogen-bond donors (Lipinski definition) is 3. The predicted octanol–water partition coefficient (Wildman–Crippen LogP) is 1.23. The normalized spacial score (nSPS) is 19.5. The molecule has 3 rings (SSSR count). The summed E-state index contributed by atoms with van der Waals surface area (Å²) in [6.45, 7) is 1.26. The Balaban J connectivity index is 0.00000208. The smallest absolute Gasteiger partial charge is 0.348 e. The third kappa shape index (κ3) is 4.61. The third-order valence-corrected chi connectivity index (χ3v) is 4.35. The molecule has 0 atom stereocenters. The summed E-state index contributed by atoms with van der Waals surface area (Å²) in [7, 11) is 0. The van der Waals surface area contributed by atoms with Crippen LogP contribution in [0.3, 0.4) is 0 Å². The summed E-state index contributed by atoms with van der Waals surface area (Å²) in [6.07, 6.45) is -2.32. The number of alkyl halides is 3. The summed E-state index contributed by atoms with van der Waals surface area (Å²) < 4.78 is 37.1. The van der Waals surface area contributed by atoms with E-state index in [-0.39, 0.29) is 24.4 Å². The lowest BCUT2D eigenvalue weighted by Gasteiger charge is -2.32. The van der Waals surface area contributed by atoms with Gasteiger partial charge in [-0.05, 0) is 12.8 Å². The number of fused-ring (bicyclic) bond motifs is 1. The molecule has 0 saturated carbocycles. The minimum Gasteiger partial charge on any atom is -0.348 e. The molecule has 0 radical (unpaired) electrons. The van der Waals surface area contributed by atoms with Gasteiger partial charge in [-0.1, -0.05) is 0 Å². The number of likely N-dealkylation sites (tertiary alicyclic amines) is 1. The molecule has 2 aliphatic rings. The Morgan fingerprint density at radius 1 is 1.33 bits per heavy atom. The van der Waals surface area contributed by atoms with Crippen molar-refractivity contribution in [3.8, 4) is 0 Å². The Morgan fingerprint density at radius 3 is 2.71 bits per heavy atom. The van der Waals surface area contributed by atoms with Crippen molar-refractivity contribution in [2.24, 2.45) is 0 Å². The summed E-state index contributed by atoms with van der Waals surface area (Å²) in [5.74, 6) is -0.250. The number of nitrogens with one attached hydrogen (secondary N) is 3. The van der Waals surface area contributed by atoms with Crippen LogP contribution in [0.2, 0.25) is 0 Å². The second-order valence-corrected chi connectivity index (χ2v) is 6.10. The molecular formula is C14H21ClF3N5O. The van der Waals surface area contributed by atoms with Crippen molar-refractivity contribution in [3.63, 3.8) is 0 Å². The van der Waals surface area contributed by atoms with Crippen LogP contribution in [-0.2, 0) is 13.0 Å². The van der Waals surface area contributed by atoms with Crippen LogP contribution in [0.25, 0.3) is 0 Å². The molecule has 136 valence electrons. The first-order valence-electron chi connectivity index (χ1n) is 7.79. The van der Waals surface area contributed by atoms with Crippen LogP contribution < -0.4 is 10.6 Å². The van der Waals surface area contributed by atoms with E-state index in [1.807, 2.05) is 0 Å². The fourth-order valence-corrected chi connectivity index (χ4v) is 3.16. The van der Waals surface area contributed by atoms with E-state index in [2.05, 4.69) is 20.8 Å². The molecule has 1 aromatic heterocycles. The number of rotatable bonds is 3. The third-order valence-electron chi connectivity index (χ3n) is 4.35. The summed E-state index contributed by atoms with van der Waals surface area (Å²) in [5.41, 5.74) is 2.27. The van der Waals surface area contributed by atoms with Crippen molar-refractivity contribution in [1.82, 2.24) is 25.7 Å². The number of piperidine rings is 1. The number of carbonyl (C=O) groups is 1. The Bertz CT molecular complexity index is 569. The van der Waals surface area contributed by atoms with Crippen molar-refractivity contribution >= 4 is 18.3 Å². The highest BCUT2D eigenvalue weighted by atomic mass is 35.5. The maximum Gasteiger partial charge on any atom is 0.401 e. The van der Waals surface area contributed by atoms with Crippen molar-refractivity contribution in [3.05, 3.63) is 17.0 Å². The summed E-state index contributed by atoms with van der Waals surface area (Å²) >= 11 is 0. The van der Waals surface area contributed by atoms with Gasteiger partial charge < -0.3 is 10.6 Å². The van der Waals surface area contributed by atoms with E-state index < -0.39 is 12.7 Å². The summed E-state index contributed by atoms with van der Waals surface area (Å²) in [5, 5.41) is 13.1. The average molecular weight is 368 g/mol. The molecule has 3 N–H and O–H groups in total. The second-order valence-electron chi connectivity index (χ2n) is 6.10. The monoisotopic (exact) mass is 367 g/mol. The minimum atomic E-state index is -4.17. The zero-order valence-electron chi connectivity index (χ0n) is 13.1. The zero-order chi connectivity index (χ0) is 16.4. The number of aromatic nitrogens is 2. The van der Waals surface area contributed by atoms with Gasteiger partial charge in [-0.25, -0.2) is 0 Å². The largest absolute Gasteiger partial charge is 0.401 e. The fourth-order valence-electron chi connectivity index (χ4n) is 3.16. The molecule has 3 heterocycles. The first-order chi connectivity index (χ1) is 10.9. The minimum absolute atomic E-state index is 0. The lowest BCUT2D eigenvalue weighted by atomic mass is 10.0. The van der Waals surface area contributed by atoms with E-state index in [4.69, 9.17) is 0 Å². The molecule has 0 unspecified atom stereocenters. The van der Waals surface area contributed by atoms with Crippen molar-refractivity contribution < 1.29 is 18.0 Å². The highest BCUT2D eigenvalue weighted by Gasteiger charge is 2.33. The number of amides is 1. The Kier molecular flexibility index (Phi) is 6.11. The first-order valence-corrected chi connectivity index (χ1v) is 7.79. The predicted molar refractivity (Wildman–Crippen MR) is 84.2 cm³/mol. The van der Waals surface area contributed by atoms with Gasteiger partial charge >= 0.3 is 6.18 Å². The zero-order valence-corrected chi connectivity index (χ0v) is 13.9. The second kappa shape index (κ2) is 7.71. The van der Waals surface area contributed by atoms with Crippen molar-refractivity contribution in [1.29, 1.82) is 0 Å². The van der Waals surface area contributed by atoms with Gasteiger partial charge in [0.2, 0.25) is 0 Å². The molecule has 1 fully saturated rings. The molecule has 6 nitrogen and oxygen atoms in total. The lowest BCUT2D eigenvalue weighted by Crippen LogP contribution is -2.47. The Hall–Kier alpha value is -1.32. The Morgan fingerprint density at radius 2 is 2.04 bits per heavy atom. The highest BCUT2D eigenvalue weighted by molar-refractivity contribution is 5.94. The van der Waals surface area contributed by atoms with Crippen LogP contribution >= 0.6 is 12.4 Å². The molecule has 2 aliphatic heterocycles. The van der Waals surface area contributed by atoms with Gasteiger partial charge in [-0.2, -0.15) is 18.3 Å². The van der Waals surface area contributed by atoms with E-state index >= 15 is 0 Å². The van der Waals surface area contributed by atoms with Gasteiger partial charge in [0.1, 0.15) is 0 Å². The molecule has 1 amide bonds. The number of halogens is 4. The highest BCUT2D eigenvalue weighted by Crippen LogP contribution is 2.20. The summed E-state index contributed by atoms with van der Waals surface area (Å²) in [4.78, 5) is 13.7. The molecule has 0 aromatic carbocycles. The maximum absolute atomic E-state index is 12.4. The molecule has 1 aromatic rings. The first kappa shape index (κ1) is 19.0. The molecule has 0 bridgehead atoms. The van der Waals surface area contributed by atoms with Gasteiger partial charge in [0.25, 0.3) is 5.91 Å². The topological polar surface area (TPSA) is 73.0 Å². The fraction of sp³-hybridized carbons (Fsp3) is 0.714. The number of carbonyl (C=O) groups excluding carboxylic acids is 1. The molecule has 0 aliphatic carbocycles. The molecular weight excluding hydrogens is 347 g/mol. The van der Waals surface area contributed by atoms with Crippen LogP contribution in [0.5, 0.6) is 0 Å². The van der Waals surface area contributed by atoms with E-state index in [9.17, 15) is 18.0 Å². The molecule has 1 saturated heterocycles. The van der Waals surface area contributed by atoms with Crippen LogP contribution in [0.1, 0.15) is 34.6 Å². The maximum atomic E-state index is 12.4.